The Morgan fingerprint density at radius 1 is 1.27 bits per heavy atom. The SMILES string of the molecule is CCCCC(O)CCC(C)S(=O)(=O)[O-].[Na+]. The zero-order valence-corrected chi connectivity index (χ0v) is 12.6. The summed E-state index contributed by atoms with van der Waals surface area (Å²) in [6.07, 6.45) is 2.78. The maximum absolute atomic E-state index is 10.5. The molecule has 0 aliphatic heterocycles. The van der Waals surface area contributed by atoms with Gasteiger partial charge in [0.15, 0.2) is 0 Å². The van der Waals surface area contributed by atoms with Gasteiger partial charge in [0.2, 0.25) is 0 Å². The van der Waals surface area contributed by atoms with E-state index in [4.69, 9.17) is 0 Å². The normalized spacial score (nSPS) is 15.5. The minimum absolute atomic E-state index is 0. The number of unbranched alkanes of at least 4 members (excludes halogenated alkanes) is 1. The summed E-state index contributed by atoms with van der Waals surface area (Å²) in [5, 5.41) is 8.51. The molecular weight excluding hydrogens is 227 g/mol. The molecule has 2 atom stereocenters. The quantitative estimate of drug-likeness (QED) is 0.427. The zero-order valence-electron chi connectivity index (χ0n) is 9.77. The summed E-state index contributed by atoms with van der Waals surface area (Å²) < 4.78 is 31.6. The number of aliphatic hydroxyl groups is 1. The first-order chi connectivity index (χ1) is 6.38. The van der Waals surface area contributed by atoms with E-state index in [0.29, 0.717) is 12.8 Å². The van der Waals surface area contributed by atoms with E-state index in [1.54, 1.807) is 0 Å². The van der Waals surface area contributed by atoms with Crippen molar-refractivity contribution in [1.29, 1.82) is 0 Å². The van der Waals surface area contributed by atoms with Gasteiger partial charge in [-0.15, -0.1) is 0 Å². The number of hydrogen-bond donors (Lipinski definition) is 1. The van der Waals surface area contributed by atoms with Crippen LogP contribution in [-0.2, 0) is 10.1 Å². The Labute approximate surface area is 114 Å². The Hall–Kier alpha value is 0.870. The van der Waals surface area contributed by atoms with Crippen LogP contribution in [0, 0.1) is 0 Å². The van der Waals surface area contributed by atoms with Crippen LogP contribution >= 0.6 is 0 Å². The third kappa shape index (κ3) is 9.78. The van der Waals surface area contributed by atoms with Crippen LogP contribution in [0.25, 0.3) is 0 Å². The van der Waals surface area contributed by atoms with Crippen LogP contribution in [0.15, 0.2) is 0 Å². The van der Waals surface area contributed by atoms with Gasteiger partial charge >= 0.3 is 29.6 Å². The van der Waals surface area contributed by atoms with E-state index in [1.165, 1.54) is 6.92 Å². The van der Waals surface area contributed by atoms with Crippen LogP contribution in [0.3, 0.4) is 0 Å². The molecule has 0 heterocycles. The molecule has 0 aromatic carbocycles. The summed E-state index contributed by atoms with van der Waals surface area (Å²) in [6.45, 7) is 3.41. The van der Waals surface area contributed by atoms with Gasteiger partial charge in [-0.1, -0.05) is 19.8 Å². The predicted molar refractivity (Wildman–Crippen MR) is 53.9 cm³/mol. The van der Waals surface area contributed by atoms with Crippen molar-refractivity contribution in [3.8, 4) is 0 Å². The zero-order chi connectivity index (χ0) is 11.2. The van der Waals surface area contributed by atoms with Crippen molar-refractivity contribution in [2.75, 3.05) is 0 Å². The molecule has 0 saturated carbocycles. The van der Waals surface area contributed by atoms with Crippen molar-refractivity contribution in [3.63, 3.8) is 0 Å². The average Bonchev–Trinajstić information content (AvgIpc) is 2.09. The van der Waals surface area contributed by atoms with Gasteiger partial charge in [0.1, 0.15) is 0 Å². The second-order valence-electron chi connectivity index (χ2n) is 3.68. The maximum Gasteiger partial charge on any atom is 1.00 e. The van der Waals surface area contributed by atoms with Crippen LogP contribution in [0.4, 0.5) is 0 Å². The number of hydrogen-bond acceptors (Lipinski definition) is 4. The molecule has 2 unspecified atom stereocenters. The molecule has 6 heteroatoms. The molecule has 86 valence electrons. The minimum Gasteiger partial charge on any atom is -0.748 e. The fourth-order valence-electron chi connectivity index (χ4n) is 1.16. The van der Waals surface area contributed by atoms with Gasteiger partial charge in [-0.3, -0.25) is 0 Å². The Kier molecular flexibility index (Phi) is 10.9. The van der Waals surface area contributed by atoms with E-state index in [1.807, 2.05) is 6.92 Å². The molecule has 0 fully saturated rings. The molecular formula is C9H19NaO4S. The molecule has 0 spiro atoms. The van der Waals surface area contributed by atoms with Gasteiger partial charge in [-0.25, -0.2) is 8.42 Å². The number of aliphatic hydroxyl groups excluding tert-OH is 1. The molecule has 0 aromatic heterocycles. The van der Waals surface area contributed by atoms with Gasteiger partial charge in [0, 0.05) is 5.25 Å². The predicted octanol–water partition coefficient (Wildman–Crippen LogP) is -1.74. The molecule has 0 rings (SSSR count). The minimum atomic E-state index is -4.18. The topological polar surface area (TPSA) is 77.4 Å². The standard InChI is InChI=1S/C9H20O4S.Na/c1-3-4-5-9(10)7-6-8(2)14(11,12)13;/h8-10H,3-7H2,1-2H3,(H,11,12,13);/q;+1/p-1. The molecule has 15 heavy (non-hydrogen) atoms. The van der Waals surface area contributed by atoms with Crippen LogP contribution in [0.5, 0.6) is 0 Å². The van der Waals surface area contributed by atoms with Crippen LogP contribution in [-0.4, -0.2) is 29.4 Å². The van der Waals surface area contributed by atoms with Gasteiger partial charge in [-0.05, 0) is 26.2 Å². The first-order valence-electron chi connectivity index (χ1n) is 5.00. The molecule has 0 radical (unpaired) electrons. The maximum atomic E-state index is 10.5. The molecule has 0 amide bonds. The van der Waals surface area contributed by atoms with Crippen molar-refractivity contribution in [1.82, 2.24) is 0 Å². The molecule has 4 nitrogen and oxygen atoms in total. The van der Waals surface area contributed by atoms with Gasteiger partial charge in [0.25, 0.3) is 0 Å². The fourth-order valence-corrected chi connectivity index (χ4v) is 1.58. The Bertz CT molecular complexity index is 240. The van der Waals surface area contributed by atoms with Crippen molar-refractivity contribution in [2.24, 2.45) is 0 Å². The summed E-state index contributed by atoms with van der Waals surface area (Å²) in [5.41, 5.74) is 0. The van der Waals surface area contributed by atoms with E-state index in [0.717, 1.165) is 12.8 Å². The van der Waals surface area contributed by atoms with Gasteiger partial charge < -0.3 is 9.66 Å². The number of rotatable bonds is 7. The first-order valence-corrected chi connectivity index (χ1v) is 6.47. The third-order valence-corrected chi connectivity index (χ3v) is 3.51. The van der Waals surface area contributed by atoms with Crippen molar-refractivity contribution < 1.29 is 47.6 Å². The molecule has 0 aliphatic carbocycles. The third-order valence-electron chi connectivity index (χ3n) is 2.29. The van der Waals surface area contributed by atoms with Gasteiger partial charge in [0.05, 0.1) is 16.2 Å². The van der Waals surface area contributed by atoms with Crippen molar-refractivity contribution >= 4 is 10.1 Å². The van der Waals surface area contributed by atoms with Crippen molar-refractivity contribution in [2.45, 2.75) is 57.3 Å². The molecule has 0 aromatic rings. The molecule has 0 aliphatic rings. The van der Waals surface area contributed by atoms with E-state index in [2.05, 4.69) is 0 Å². The first kappa shape index (κ1) is 18.2. The largest absolute Gasteiger partial charge is 1.00 e. The molecule has 1 N–H and O–H groups in total. The summed E-state index contributed by atoms with van der Waals surface area (Å²) in [5.74, 6) is 0. The van der Waals surface area contributed by atoms with E-state index in [-0.39, 0.29) is 36.0 Å². The van der Waals surface area contributed by atoms with Crippen LogP contribution < -0.4 is 29.6 Å². The van der Waals surface area contributed by atoms with E-state index < -0.39 is 21.5 Å². The van der Waals surface area contributed by atoms with E-state index in [9.17, 15) is 18.1 Å². The summed E-state index contributed by atoms with van der Waals surface area (Å²) in [6, 6.07) is 0. The van der Waals surface area contributed by atoms with Crippen LogP contribution in [0.2, 0.25) is 0 Å². The molecule has 0 saturated heterocycles. The average molecular weight is 246 g/mol. The Balaban J connectivity index is 0. The van der Waals surface area contributed by atoms with E-state index >= 15 is 0 Å². The second-order valence-corrected chi connectivity index (χ2v) is 5.47. The summed E-state index contributed by atoms with van der Waals surface area (Å²) in [7, 11) is -4.18. The van der Waals surface area contributed by atoms with Crippen LogP contribution in [0.1, 0.15) is 46.0 Å². The Morgan fingerprint density at radius 2 is 1.80 bits per heavy atom. The monoisotopic (exact) mass is 246 g/mol. The van der Waals surface area contributed by atoms with Gasteiger partial charge in [-0.2, -0.15) is 0 Å². The summed E-state index contributed by atoms with van der Waals surface area (Å²) >= 11 is 0. The van der Waals surface area contributed by atoms with Crippen molar-refractivity contribution in [3.05, 3.63) is 0 Å². The Morgan fingerprint density at radius 3 is 2.20 bits per heavy atom. The smallest absolute Gasteiger partial charge is 0.748 e. The fraction of sp³-hybridized carbons (Fsp3) is 1.00. The second kappa shape index (κ2) is 8.96. The molecule has 0 bridgehead atoms. The summed E-state index contributed by atoms with van der Waals surface area (Å²) in [4.78, 5) is 0.